The molecular weight excluding hydrogens is 319 g/mol. The summed E-state index contributed by atoms with van der Waals surface area (Å²) in [5, 5.41) is -0.278. The summed E-state index contributed by atoms with van der Waals surface area (Å²) in [6, 6.07) is 3.13. The summed E-state index contributed by atoms with van der Waals surface area (Å²) in [6.45, 7) is 4.36. The molecule has 0 saturated carbocycles. The largest absolute Gasteiger partial charge is 0.342 e. The Morgan fingerprint density at radius 3 is 2.33 bits per heavy atom. The minimum atomic E-state index is -3.89. The molecule has 1 amide bonds. The third kappa shape index (κ3) is 4.15. The fourth-order valence-corrected chi connectivity index (χ4v) is 3.16. The van der Waals surface area contributed by atoms with Gasteiger partial charge in [0.05, 0.1) is 16.5 Å². The van der Waals surface area contributed by atoms with Crippen molar-refractivity contribution in [2.75, 3.05) is 26.7 Å². The molecule has 1 aromatic rings. The van der Waals surface area contributed by atoms with Gasteiger partial charge in [0.1, 0.15) is 5.82 Å². The first kappa shape index (κ1) is 17.9. The number of rotatable bonds is 6. The third-order valence-corrected chi connectivity index (χ3v) is 5.16. The molecule has 118 valence electrons. The zero-order valence-electron chi connectivity index (χ0n) is 12.1. The van der Waals surface area contributed by atoms with E-state index >= 15 is 0 Å². The highest BCUT2D eigenvalue weighted by Gasteiger charge is 2.25. The highest BCUT2D eigenvalue weighted by atomic mass is 35.5. The van der Waals surface area contributed by atoms with Crippen LogP contribution in [0.5, 0.6) is 0 Å². The Labute approximate surface area is 129 Å². The summed E-state index contributed by atoms with van der Waals surface area (Å²) in [6.07, 6.45) is 0. The van der Waals surface area contributed by atoms with Gasteiger partial charge in [-0.2, -0.15) is 4.31 Å². The van der Waals surface area contributed by atoms with Crippen LogP contribution >= 0.6 is 11.6 Å². The standard InChI is InChI=1S/C13H18ClFN2O3S/c1-4-17(5-2)13(18)9-16(3)21(19,20)10-6-7-12(15)11(14)8-10/h6-8H,4-5,9H2,1-3H3. The zero-order chi connectivity index (χ0) is 16.2. The summed E-state index contributed by atoms with van der Waals surface area (Å²) in [4.78, 5) is 13.3. The van der Waals surface area contributed by atoms with Crippen LogP contribution in [0.2, 0.25) is 5.02 Å². The number of hydrogen-bond donors (Lipinski definition) is 0. The Morgan fingerprint density at radius 1 is 1.29 bits per heavy atom. The third-order valence-electron chi connectivity index (χ3n) is 3.07. The minimum Gasteiger partial charge on any atom is -0.342 e. The van der Waals surface area contributed by atoms with Crippen molar-refractivity contribution < 1.29 is 17.6 Å². The monoisotopic (exact) mass is 336 g/mol. The average molecular weight is 337 g/mol. The summed E-state index contributed by atoms with van der Waals surface area (Å²) in [7, 11) is -2.59. The van der Waals surface area contributed by atoms with Gasteiger partial charge in [0, 0.05) is 20.1 Å². The highest BCUT2D eigenvalue weighted by molar-refractivity contribution is 7.89. The maximum atomic E-state index is 13.1. The summed E-state index contributed by atoms with van der Waals surface area (Å²) in [5.41, 5.74) is 0. The van der Waals surface area contributed by atoms with E-state index in [1.807, 2.05) is 13.8 Å². The predicted octanol–water partition coefficient (Wildman–Crippen LogP) is 1.97. The fourth-order valence-electron chi connectivity index (χ4n) is 1.77. The Balaban J connectivity index is 2.96. The lowest BCUT2D eigenvalue weighted by Crippen LogP contribution is -2.40. The molecule has 1 rings (SSSR count). The van der Waals surface area contributed by atoms with Crippen LogP contribution in [0.4, 0.5) is 4.39 Å². The average Bonchev–Trinajstić information content (AvgIpc) is 2.42. The van der Waals surface area contributed by atoms with Crippen LogP contribution in [0.15, 0.2) is 23.1 Å². The van der Waals surface area contributed by atoms with Crippen molar-refractivity contribution in [2.45, 2.75) is 18.7 Å². The van der Waals surface area contributed by atoms with Gasteiger partial charge in [-0.15, -0.1) is 0 Å². The molecule has 0 fully saturated rings. The zero-order valence-corrected chi connectivity index (χ0v) is 13.7. The van der Waals surface area contributed by atoms with Gasteiger partial charge in [-0.05, 0) is 32.0 Å². The van der Waals surface area contributed by atoms with Gasteiger partial charge in [0.25, 0.3) is 0 Å². The summed E-state index contributed by atoms with van der Waals surface area (Å²) in [5.74, 6) is -0.989. The number of benzene rings is 1. The van der Waals surface area contributed by atoms with Crippen molar-refractivity contribution in [3.8, 4) is 0 Å². The first-order chi connectivity index (χ1) is 9.73. The van der Waals surface area contributed by atoms with Crippen molar-refractivity contribution >= 4 is 27.5 Å². The lowest BCUT2D eigenvalue weighted by Gasteiger charge is -2.23. The molecule has 0 aliphatic rings. The lowest BCUT2D eigenvalue weighted by atomic mass is 10.3. The van der Waals surface area contributed by atoms with Crippen LogP contribution in [0.3, 0.4) is 0 Å². The van der Waals surface area contributed by atoms with Crippen molar-refractivity contribution in [2.24, 2.45) is 0 Å². The van der Waals surface area contributed by atoms with E-state index in [1.54, 1.807) is 0 Å². The lowest BCUT2D eigenvalue weighted by molar-refractivity contribution is -0.130. The molecule has 21 heavy (non-hydrogen) atoms. The quantitative estimate of drug-likeness (QED) is 0.798. The molecule has 0 heterocycles. The normalized spacial score (nSPS) is 11.7. The predicted molar refractivity (Wildman–Crippen MR) is 79.2 cm³/mol. The molecule has 0 bridgehead atoms. The first-order valence-corrected chi connectivity index (χ1v) is 8.25. The van der Waals surface area contributed by atoms with Crippen LogP contribution in [0.25, 0.3) is 0 Å². The molecule has 0 saturated heterocycles. The van der Waals surface area contributed by atoms with Gasteiger partial charge in [-0.1, -0.05) is 11.6 Å². The van der Waals surface area contributed by atoms with Crippen molar-refractivity contribution in [1.29, 1.82) is 0 Å². The number of carbonyl (C=O) groups is 1. The molecule has 0 N–H and O–H groups in total. The van der Waals surface area contributed by atoms with Crippen molar-refractivity contribution in [3.63, 3.8) is 0 Å². The molecule has 8 heteroatoms. The maximum absolute atomic E-state index is 13.1. The van der Waals surface area contributed by atoms with Gasteiger partial charge < -0.3 is 4.90 Å². The van der Waals surface area contributed by atoms with Gasteiger partial charge in [0.2, 0.25) is 15.9 Å². The SMILES string of the molecule is CCN(CC)C(=O)CN(C)S(=O)(=O)c1ccc(F)c(Cl)c1. The number of halogens is 2. The highest BCUT2D eigenvalue weighted by Crippen LogP contribution is 2.21. The van der Waals surface area contributed by atoms with Crippen LogP contribution in [-0.4, -0.2) is 50.2 Å². The molecular formula is C13H18ClFN2O3S. The van der Waals surface area contributed by atoms with E-state index in [-0.39, 0.29) is 22.4 Å². The van der Waals surface area contributed by atoms with Gasteiger partial charge in [-0.25, -0.2) is 12.8 Å². The second-order valence-electron chi connectivity index (χ2n) is 4.40. The number of sulfonamides is 1. The van der Waals surface area contributed by atoms with Crippen LogP contribution in [0, 0.1) is 5.82 Å². The number of likely N-dealkylation sites (N-methyl/N-ethyl adjacent to an activating group) is 2. The van der Waals surface area contributed by atoms with Crippen molar-refractivity contribution in [3.05, 3.63) is 29.0 Å². The molecule has 0 spiro atoms. The van der Waals surface area contributed by atoms with Gasteiger partial charge in [0.15, 0.2) is 0 Å². The second-order valence-corrected chi connectivity index (χ2v) is 6.86. The Bertz CT molecular complexity index is 618. The molecule has 0 aliphatic carbocycles. The Morgan fingerprint density at radius 2 is 1.86 bits per heavy atom. The smallest absolute Gasteiger partial charge is 0.243 e. The molecule has 1 aromatic carbocycles. The minimum absolute atomic E-state index is 0.149. The van der Waals surface area contributed by atoms with Crippen LogP contribution in [-0.2, 0) is 14.8 Å². The first-order valence-electron chi connectivity index (χ1n) is 6.43. The molecule has 0 aliphatic heterocycles. The van der Waals surface area contributed by atoms with E-state index in [9.17, 15) is 17.6 Å². The van der Waals surface area contributed by atoms with E-state index in [0.717, 1.165) is 22.5 Å². The summed E-state index contributed by atoms with van der Waals surface area (Å²) >= 11 is 5.59. The molecule has 0 aromatic heterocycles. The Kier molecular flexibility index (Phi) is 6.12. The van der Waals surface area contributed by atoms with E-state index in [2.05, 4.69) is 0 Å². The van der Waals surface area contributed by atoms with E-state index in [4.69, 9.17) is 11.6 Å². The van der Waals surface area contributed by atoms with Crippen LogP contribution in [0.1, 0.15) is 13.8 Å². The molecule has 0 atom stereocenters. The topological polar surface area (TPSA) is 57.7 Å². The molecule has 5 nitrogen and oxygen atoms in total. The molecule has 0 radical (unpaired) electrons. The van der Waals surface area contributed by atoms with Gasteiger partial charge in [-0.3, -0.25) is 4.79 Å². The number of carbonyl (C=O) groups excluding carboxylic acids is 1. The van der Waals surface area contributed by atoms with E-state index in [1.165, 1.54) is 11.9 Å². The molecule has 0 unspecified atom stereocenters. The summed E-state index contributed by atoms with van der Waals surface area (Å²) < 4.78 is 38.6. The van der Waals surface area contributed by atoms with Crippen LogP contribution < -0.4 is 0 Å². The van der Waals surface area contributed by atoms with Crippen molar-refractivity contribution in [1.82, 2.24) is 9.21 Å². The maximum Gasteiger partial charge on any atom is 0.243 e. The number of nitrogens with zero attached hydrogens (tertiary/aromatic N) is 2. The number of amides is 1. The fraction of sp³-hybridized carbons (Fsp3) is 0.462. The second kappa shape index (κ2) is 7.20. The van der Waals surface area contributed by atoms with E-state index < -0.39 is 15.8 Å². The Hall–Kier alpha value is -1.18. The van der Waals surface area contributed by atoms with Gasteiger partial charge >= 0.3 is 0 Å². The number of hydrogen-bond acceptors (Lipinski definition) is 3. The van der Waals surface area contributed by atoms with E-state index in [0.29, 0.717) is 13.1 Å².